The molecule has 79 heavy (non-hydrogen) atoms. The van der Waals surface area contributed by atoms with Gasteiger partial charge in [0.1, 0.15) is 0 Å². The molecular formula is C73H137NO5. The average Bonchev–Trinajstić information content (AvgIpc) is 3.45. The maximum Gasteiger partial charge on any atom is 0.305 e. The number of amides is 1. The summed E-state index contributed by atoms with van der Waals surface area (Å²) in [6.45, 7) is 4.89. The minimum absolute atomic E-state index is 0.00434. The summed E-state index contributed by atoms with van der Waals surface area (Å²) in [5.41, 5.74) is 0. The van der Waals surface area contributed by atoms with E-state index in [2.05, 4.69) is 55.6 Å². The van der Waals surface area contributed by atoms with E-state index in [4.69, 9.17) is 4.74 Å². The highest BCUT2D eigenvalue weighted by molar-refractivity contribution is 5.76. The molecule has 0 aromatic heterocycles. The smallest absolute Gasteiger partial charge is 0.305 e. The third kappa shape index (κ3) is 64.8. The van der Waals surface area contributed by atoms with Gasteiger partial charge in [-0.2, -0.15) is 0 Å². The lowest BCUT2D eigenvalue weighted by molar-refractivity contribution is -0.143. The van der Waals surface area contributed by atoms with Crippen LogP contribution in [0, 0.1) is 0 Å². The Balaban J connectivity index is 3.45. The van der Waals surface area contributed by atoms with E-state index < -0.39 is 12.1 Å². The van der Waals surface area contributed by atoms with Crippen molar-refractivity contribution in [1.82, 2.24) is 5.32 Å². The number of ether oxygens (including phenoxy) is 1. The number of hydrogen-bond acceptors (Lipinski definition) is 5. The normalized spacial score (nSPS) is 12.8. The lowest BCUT2D eigenvalue weighted by Crippen LogP contribution is -2.45. The van der Waals surface area contributed by atoms with Gasteiger partial charge < -0.3 is 20.3 Å². The number of allylic oxidation sites excluding steroid dienone is 7. The van der Waals surface area contributed by atoms with Crippen LogP contribution in [0.5, 0.6) is 0 Å². The van der Waals surface area contributed by atoms with Crippen LogP contribution in [0.4, 0.5) is 0 Å². The van der Waals surface area contributed by atoms with Crippen molar-refractivity contribution in [1.29, 1.82) is 0 Å². The van der Waals surface area contributed by atoms with Crippen molar-refractivity contribution in [2.45, 2.75) is 392 Å². The number of aliphatic hydroxyl groups is 2. The summed E-state index contributed by atoms with van der Waals surface area (Å²) in [5, 5.41) is 23.3. The number of nitrogens with one attached hydrogen (secondary N) is 1. The second-order valence-corrected chi connectivity index (χ2v) is 24.2. The first-order valence-corrected chi connectivity index (χ1v) is 35.4. The Hall–Kier alpha value is -2.18. The van der Waals surface area contributed by atoms with E-state index >= 15 is 0 Å². The van der Waals surface area contributed by atoms with Crippen LogP contribution in [-0.4, -0.2) is 47.4 Å². The number of carbonyl (C=O) groups excluding carboxylic acids is 2. The van der Waals surface area contributed by atoms with Crippen LogP contribution in [0.3, 0.4) is 0 Å². The first-order valence-electron chi connectivity index (χ1n) is 35.4. The van der Waals surface area contributed by atoms with Crippen LogP contribution in [0.25, 0.3) is 0 Å². The molecule has 0 saturated carbocycles. The van der Waals surface area contributed by atoms with Gasteiger partial charge in [0.15, 0.2) is 0 Å². The molecule has 2 unspecified atom stereocenters. The molecule has 464 valence electrons. The Morgan fingerprint density at radius 2 is 0.633 bits per heavy atom. The van der Waals surface area contributed by atoms with Crippen molar-refractivity contribution in [2.24, 2.45) is 0 Å². The van der Waals surface area contributed by atoms with Crippen LogP contribution in [0.1, 0.15) is 380 Å². The summed E-state index contributed by atoms with van der Waals surface area (Å²) in [4.78, 5) is 24.6. The number of unbranched alkanes of at least 4 members (excludes halogenated alkanes) is 49. The molecule has 0 rings (SSSR count). The first-order chi connectivity index (χ1) is 39.0. The van der Waals surface area contributed by atoms with E-state index in [0.717, 1.165) is 57.8 Å². The van der Waals surface area contributed by atoms with Crippen molar-refractivity contribution >= 4 is 11.9 Å². The zero-order valence-electron chi connectivity index (χ0n) is 53.1. The molecule has 0 aliphatic heterocycles. The quantitative estimate of drug-likeness (QED) is 0.0320. The van der Waals surface area contributed by atoms with Crippen LogP contribution in [0.15, 0.2) is 48.6 Å². The van der Waals surface area contributed by atoms with Gasteiger partial charge in [0.2, 0.25) is 5.91 Å². The average molecular weight is 1110 g/mol. The molecule has 2 atom stereocenters. The highest BCUT2D eigenvalue weighted by Crippen LogP contribution is 2.18. The second-order valence-electron chi connectivity index (χ2n) is 24.2. The predicted octanol–water partition coefficient (Wildman–Crippen LogP) is 22.9. The fourth-order valence-electron chi connectivity index (χ4n) is 10.9. The zero-order chi connectivity index (χ0) is 57.1. The van der Waals surface area contributed by atoms with Gasteiger partial charge in [-0.25, -0.2) is 0 Å². The number of carbonyl (C=O) groups is 2. The Morgan fingerprint density at radius 3 is 1.00 bits per heavy atom. The van der Waals surface area contributed by atoms with Gasteiger partial charge in [-0.05, 0) is 89.9 Å². The molecule has 3 N–H and O–H groups in total. The minimum Gasteiger partial charge on any atom is -0.466 e. The third-order valence-corrected chi connectivity index (χ3v) is 16.3. The Morgan fingerprint density at radius 1 is 0.354 bits per heavy atom. The summed E-state index contributed by atoms with van der Waals surface area (Å²) < 4.78 is 5.48. The number of esters is 1. The Kier molecular flexibility index (Phi) is 66.4. The highest BCUT2D eigenvalue weighted by Gasteiger charge is 2.18. The van der Waals surface area contributed by atoms with Crippen molar-refractivity contribution in [2.75, 3.05) is 13.2 Å². The molecule has 6 nitrogen and oxygen atoms in total. The minimum atomic E-state index is -0.852. The zero-order valence-corrected chi connectivity index (χ0v) is 53.1. The van der Waals surface area contributed by atoms with Crippen molar-refractivity contribution in [3.63, 3.8) is 0 Å². The van der Waals surface area contributed by atoms with Gasteiger partial charge in [-0.15, -0.1) is 0 Å². The molecule has 0 aliphatic rings. The molecule has 0 bridgehead atoms. The Labute approximate surface area is 493 Å². The SMILES string of the molecule is CCCCC/C=C\C/C=C\CCCCCCCC(=O)OCCCCCCCCCCCCC/C=C\CCCCCCCCCC(=O)NC(CO)C(O)/C=C/CCCCCCCCCCCCCCCCCCCCCCCCC. The molecule has 0 aromatic carbocycles. The monoisotopic (exact) mass is 1110 g/mol. The summed E-state index contributed by atoms with van der Waals surface area (Å²) in [6, 6.07) is -0.636. The molecule has 0 aliphatic carbocycles. The van der Waals surface area contributed by atoms with Crippen LogP contribution < -0.4 is 5.32 Å². The third-order valence-electron chi connectivity index (χ3n) is 16.3. The molecule has 0 fully saturated rings. The summed E-state index contributed by atoms with van der Waals surface area (Å²) in [6.07, 6.45) is 89.0. The summed E-state index contributed by atoms with van der Waals surface area (Å²) >= 11 is 0. The standard InChI is InChI=1S/C73H137NO5/c1-3-5-7-9-11-13-15-17-19-20-21-22-23-24-25-28-31-34-38-41-45-49-53-57-61-65-71(76)70(69-75)74-72(77)66-62-58-54-50-46-42-39-35-32-29-26-27-30-33-36-40-44-48-52-56-60-64-68-79-73(78)67-63-59-55-51-47-43-37-18-16-14-12-10-8-6-4-2/h12,14,18,29,32,37,61,65,70-71,75-76H,3-11,13,15-17,19-28,30-31,33-36,38-60,62-64,66-69H2,1-2H3,(H,74,77)/b14-12-,32-29-,37-18-,65-61+. The van der Waals surface area contributed by atoms with E-state index in [1.54, 1.807) is 6.08 Å². The fraction of sp³-hybridized carbons (Fsp3) is 0.863. The molecule has 0 heterocycles. The molecule has 0 radical (unpaired) electrons. The van der Waals surface area contributed by atoms with Crippen LogP contribution >= 0.6 is 0 Å². The van der Waals surface area contributed by atoms with Gasteiger partial charge in [0.05, 0.1) is 25.4 Å². The fourth-order valence-corrected chi connectivity index (χ4v) is 10.9. The lowest BCUT2D eigenvalue weighted by atomic mass is 10.0. The van der Waals surface area contributed by atoms with E-state index in [1.807, 2.05) is 6.08 Å². The summed E-state index contributed by atoms with van der Waals surface area (Å²) in [7, 11) is 0. The van der Waals surface area contributed by atoms with Gasteiger partial charge in [-0.1, -0.05) is 326 Å². The number of rotatable bonds is 66. The van der Waals surface area contributed by atoms with Gasteiger partial charge in [0.25, 0.3) is 0 Å². The first kappa shape index (κ1) is 76.8. The van der Waals surface area contributed by atoms with E-state index in [-0.39, 0.29) is 18.5 Å². The van der Waals surface area contributed by atoms with E-state index in [0.29, 0.717) is 19.4 Å². The van der Waals surface area contributed by atoms with Crippen molar-refractivity contribution in [3.05, 3.63) is 48.6 Å². The Bertz CT molecular complexity index is 1320. The lowest BCUT2D eigenvalue weighted by Gasteiger charge is -2.20. The topological polar surface area (TPSA) is 95.9 Å². The predicted molar refractivity (Wildman–Crippen MR) is 347 cm³/mol. The van der Waals surface area contributed by atoms with Crippen molar-refractivity contribution < 1.29 is 24.5 Å². The van der Waals surface area contributed by atoms with Gasteiger partial charge >= 0.3 is 5.97 Å². The van der Waals surface area contributed by atoms with Crippen LogP contribution in [-0.2, 0) is 14.3 Å². The number of aliphatic hydroxyl groups excluding tert-OH is 2. The highest BCUT2D eigenvalue weighted by atomic mass is 16.5. The van der Waals surface area contributed by atoms with Crippen molar-refractivity contribution in [3.8, 4) is 0 Å². The molecule has 6 heteroatoms. The molecule has 0 saturated heterocycles. The molecule has 0 aromatic rings. The summed E-state index contributed by atoms with van der Waals surface area (Å²) in [5.74, 6) is -0.0761. The van der Waals surface area contributed by atoms with E-state index in [9.17, 15) is 19.8 Å². The second kappa shape index (κ2) is 68.3. The van der Waals surface area contributed by atoms with Gasteiger partial charge in [0, 0.05) is 12.8 Å². The molecule has 0 spiro atoms. The van der Waals surface area contributed by atoms with Crippen LogP contribution in [0.2, 0.25) is 0 Å². The maximum atomic E-state index is 12.5. The molecular weight excluding hydrogens is 971 g/mol. The largest absolute Gasteiger partial charge is 0.466 e. The van der Waals surface area contributed by atoms with E-state index in [1.165, 1.54) is 295 Å². The number of hydrogen-bond donors (Lipinski definition) is 3. The van der Waals surface area contributed by atoms with Gasteiger partial charge in [-0.3, -0.25) is 9.59 Å². The molecule has 1 amide bonds. The maximum absolute atomic E-state index is 12.5.